The fraction of sp³-hybridized carbons (Fsp3) is 0.250. The van der Waals surface area contributed by atoms with E-state index in [1.807, 2.05) is 45.0 Å². The number of benzene rings is 2. The quantitative estimate of drug-likeness (QED) is 0.533. The molecule has 0 saturated carbocycles. The SMILES string of the molecule is CC(C)(C)c1cc(NC(=O)OCC2c3ccccc3-c3ccccc32)c(C(=O)O)s1. The minimum Gasteiger partial charge on any atom is -0.477 e. The van der Waals surface area contributed by atoms with Gasteiger partial charge in [-0.3, -0.25) is 5.32 Å². The Labute approximate surface area is 179 Å². The van der Waals surface area contributed by atoms with Gasteiger partial charge in [0.1, 0.15) is 11.5 Å². The van der Waals surface area contributed by atoms with Crippen LogP contribution in [-0.4, -0.2) is 23.8 Å². The van der Waals surface area contributed by atoms with Crippen molar-refractivity contribution in [1.82, 2.24) is 0 Å². The van der Waals surface area contributed by atoms with Gasteiger partial charge in [-0.25, -0.2) is 9.59 Å². The molecule has 2 aromatic carbocycles. The molecule has 1 heterocycles. The Kier molecular flexibility index (Phi) is 5.12. The summed E-state index contributed by atoms with van der Waals surface area (Å²) in [6.45, 7) is 6.18. The number of carbonyl (C=O) groups excluding carboxylic acids is 1. The Morgan fingerprint density at radius 3 is 2.13 bits per heavy atom. The van der Waals surface area contributed by atoms with E-state index in [-0.39, 0.29) is 28.5 Å². The fourth-order valence-corrected chi connectivity index (χ4v) is 4.77. The lowest BCUT2D eigenvalue weighted by Gasteiger charge is -2.15. The summed E-state index contributed by atoms with van der Waals surface area (Å²) >= 11 is 1.17. The van der Waals surface area contributed by atoms with Crippen molar-refractivity contribution in [2.24, 2.45) is 0 Å². The molecule has 0 aliphatic heterocycles. The highest BCUT2D eigenvalue weighted by atomic mass is 32.1. The van der Waals surface area contributed by atoms with Gasteiger partial charge in [0.05, 0.1) is 5.69 Å². The lowest BCUT2D eigenvalue weighted by Crippen LogP contribution is -2.18. The second kappa shape index (κ2) is 7.61. The topological polar surface area (TPSA) is 75.6 Å². The second-order valence-corrected chi connectivity index (χ2v) is 9.41. The molecule has 1 aliphatic rings. The number of anilines is 1. The maximum absolute atomic E-state index is 12.5. The van der Waals surface area contributed by atoms with Gasteiger partial charge in [0, 0.05) is 10.8 Å². The lowest BCUT2D eigenvalue weighted by atomic mass is 9.94. The Morgan fingerprint density at radius 2 is 1.60 bits per heavy atom. The van der Waals surface area contributed by atoms with Gasteiger partial charge in [-0.15, -0.1) is 11.3 Å². The molecule has 2 N–H and O–H groups in total. The van der Waals surface area contributed by atoms with Crippen LogP contribution in [-0.2, 0) is 10.2 Å². The maximum atomic E-state index is 12.5. The Morgan fingerprint density at radius 1 is 1.03 bits per heavy atom. The molecule has 0 fully saturated rings. The molecule has 154 valence electrons. The molecular weight excluding hydrogens is 398 g/mol. The number of carboxylic acid groups (broad SMARTS) is 1. The van der Waals surface area contributed by atoms with Crippen molar-refractivity contribution in [2.45, 2.75) is 32.1 Å². The summed E-state index contributed by atoms with van der Waals surface area (Å²) in [6.07, 6.45) is -0.655. The molecule has 0 radical (unpaired) electrons. The van der Waals surface area contributed by atoms with E-state index in [2.05, 4.69) is 29.6 Å². The van der Waals surface area contributed by atoms with Crippen molar-refractivity contribution in [3.8, 4) is 11.1 Å². The van der Waals surface area contributed by atoms with Gasteiger partial charge < -0.3 is 9.84 Å². The van der Waals surface area contributed by atoms with Crippen molar-refractivity contribution >= 4 is 29.1 Å². The monoisotopic (exact) mass is 421 g/mol. The highest BCUT2D eigenvalue weighted by Crippen LogP contribution is 2.44. The van der Waals surface area contributed by atoms with Crippen LogP contribution in [0.2, 0.25) is 0 Å². The van der Waals surface area contributed by atoms with Crippen LogP contribution in [0.25, 0.3) is 11.1 Å². The number of thiophene rings is 1. The molecule has 4 rings (SSSR count). The number of ether oxygens (including phenoxy) is 1. The normalized spacial score (nSPS) is 12.9. The predicted molar refractivity (Wildman–Crippen MR) is 119 cm³/mol. The van der Waals surface area contributed by atoms with Gasteiger partial charge in [-0.1, -0.05) is 69.3 Å². The van der Waals surface area contributed by atoms with Crippen LogP contribution in [0.3, 0.4) is 0 Å². The number of fused-ring (bicyclic) bond motifs is 3. The molecule has 6 heteroatoms. The van der Waals surface area contributed by atoms with Gasteiger partial charge in [0.25, 0.3) is 0 Å². The molecule has 0 unspecified atom stereocenters. The van der Waals surface area contributed by atoms with Gasteiger partial charge in [-0.2, -0.15) is 0 Å². The highest BCUT2D eigenvalue weighted by Gasteiger charge is 2.29. The summed E-state index contributed by atoms with van der Waals surface area (Å²) in [6, 6.07) is 17.9. The largest absolute Gasteiger partial charge is 0.477 e. The summed E-state index contributed by atoms with van der Waals surface area (Å²) in [5.41, 5.74) is 4.63. The van der Waals surface area contributed by atoms with Crippen LogP contribution in [0.1, 0.15) is 52.4 Å². The molecule has 0 saturated heterocycles. The number of hydrogen-bond acceptors (Lipinski definition) is 4. The number of carboxylic acids is 1. The summed E-state index contributed by atoms with van der Waals surface area (Å²) < 4.78 is 5.53. The second-order valence-electron chi connectivity index (χ2n) is 8.36. The average molecular weight is 422 g/mol. The van der Waals surface area contributed by atoms with Crippen LogP contribution >= 0.6 is 11.3 Å². The van der Waals surface area contributed by atoms with E-state index in [4.69, 9.17) is 4.74 Å². The lowest BCUT2D eigenvalue weighted by molar-refractivity contribution is 0.0703. The van der Waals surface area contributed by atoms with E-state index in [1.54, 1.807) is 6.07 Å². The first-order chi connectivity index (χ1) is 14.3. The zero-order chi connectivity index (χ0) is 21.5. The molecule has 0 spiro atoms. The summed E-state index contributed by atoms with van der Waals surface area (Å²) in [5, 5.41) is 12.1. The molecule has 1 aromatic heterocycles. The van der Waals surface area contributed by atoms with Crippen molar-refractivity contribution in [3.05, 3.63) is 75.5 Å². The molecule has 1 aliphatic carbocycles. The van der Waals surface area contributed by atoms with Crippen molar-refractivity contribution in [3.63, 3.8) is 0 Å². The van der Waals surface area contributed by atoms with Crippen LogP contribution in [0.5, 0.6) is 0 Å². The fourth-order valence-electron chi connectivity index (χ4n) is 3.76. The van der Waals surface area contributed by atoms with Crippen LogP contribution in [0.4, 0.5) is 10.5 Å². The summed E-state index contributed by atoms with van der Waals surface area (Å²) in [7, 11) is 0. The first-order valence-corrected chi connectivity index (χ1v) is 10.6. The molecule has 1 amide bonds. The van der Waals surface area contributed by atoms with Crippen LogP contribution in [0, 0.1) is 0 Å². The number of rotatable bonds is 4. The Hall–Kier alpha value is -3.12. The third-order valence-corrected chi connectivity index (χ3v) is 6.79. The van der Waals surface area contributed by atoms with E-state index < -0.39 is 12.1 Å². The standard InChI is InChI=1S/C24H23NO4S/c1-24(2,3)20-12-19(21(30-20)22(26)27)25-23(28)29-13-18-16-10-6-4-8-14(16)15-9-5-7-11-17(15)18/h4-12,18H,13H2,1-3H3,(H,25,28)(H,26,27). The Balaban J connectivity index is 1.51. The summed E-state index contributed by atoms with van der Waals surface area (Å²) in [5.74, 6) is -1.11. The number of nitrogens with one attached hydrogen (secondary N) is 1. The minimum atomic E-state index is -1.07. The molecule has 5 nitrogen and oxygen atoms in total. The van der Waals surface area contributed by atoms with Crippen LogP contribution in [0.15, 0.2) is 54.6 Å². The molecule has 3 aromatic rings. The number of hydrogen-bond donors (Lipinski definition) is 2. The smallest absolute Gasteiger partial charge is 0.411 e. The van der Waals surface area contributed by atoms with Crippen molar-refractivity contribution in [2.75, 3.05) is 11.9 Å². The summed E-state index contributed by atoms with van der Waals surface area (Å²) in [4.78, 5) is 25.1. The first kappa shape index (κ1) is 20.2. The van der Waals surface area contributed by atoms with E-state index in [9.17, 15) is 14.7 Å². The maximum Gasteiger partial charge on any atom is 0.411 e. The number of aromatic carboxylic acids is 1. The zero-order valence-electron chi connectivity index (χ0n) is 17.1. The predicted octanol–water partition coefficient (Wildman–Crippen LogP) is 6.10. The highest BCUT2D eigenvalue weighted by molar-refractivity contribution is 7.14. The van der Waals surface area contributed by atoms with Gasteiger partial charge in [0.2, 0.25) is 0 Å². The van der Waals surface area contributed by atoms with Crippen molar-refractivity contribution in [1.29, 1.82) is 0 Å². The molecule has 30 heavy (non-hydrogen) atoms. The van der Waals surface area contributed by atoms with E-state index >= 15 is 0 Å². The molecular formula is C24H23NO4S. The van der Waals surface area contributed by atoms with E-state index in [0.717, 1.165) is 27.1 Å². The Bertz CT molecular complexity index is 1080. The van der Waals surface area contributed by atoms with Crippen LogP contribution < -0.4 is 5.32 Å². The van der Waals surface area contributed by atoms with Crippen molar-refractivity contribution < 1.29 is 19.4 Å². The third-order valence-electron chi connectivity index (χ3n) is 5.25. The van der Waals surface area contributed by atoms with Gasteiger partial charge >= 0.3 is 12.1 Å². The van der Waals surface area contributed by atoms with E-state index in [0.29, 0.717) is 0 Å². The average Bonchev–Trinajstić information content (AvgIpc) is 3.26. The van der Waals surface area contributed by atoms with Gasteiger partial charge in [-0.05, 0) is 33.7 Å². The molecule has 0 bridgehead atoms. The number of amides is 1. The minimum absolute atomic E-state index is 0.0466. The van der Waals surface area contributed by atoms with E-state index in [1.165, 1.54) is 11.3 Å². The third kappa shape index (κ3) is 3.71. The number of carbonyl (C=O) groups is 2. The first-order valence-electron chi connectivity index (χ1n) is 9.75. The van der Waals surface area contributed by atoms with Gasteiger partial charge in [0.15, 0.2) is 0 Å². The molecule has 0 atom stereocenters. The zero-order valence-corrected chi connectivity index (χ0v) is 17.9.